The molecule has 1 saturated carbocycles. The van der Waals surface area contributed by atoms with Gasteiger partial charge in [-0.2, -0.15) is 0 Å². The lowest BCUT2D eigenvalue weighted by Crippen LogP contribution is -2.15. The molecule has 1 aromatic carbocycles. The van der Waals surface area contributed by atoms with Crippen LogP contribution in [0.1, 0.15) is 83.4 Å². The van der Waals surface area contributed by atoms with Crippen molar-refractivity contribution in [3.8, 4) is 16.9 Å². The fourth-order valence-corrected chi connectivity index (χ4v) is 4.05. The van der Waals surface area contributed by atoms with Crippen LogP contribution in [0.4, 0.5) is 4.39 Å². The highest BCUT2D eigenvalue weighted by atomic mass is 19.1. The van der Waals surface area contributed by atoms with Gasteiger partial charge in [-0.05, 0) is 49.3 Å². The topological polar surface area (TPSA) is 52.1 Å². The number of hydrogen-bond donors (Lipinski definition) is 0. The van der Waals surface area contributed by atoms with Gasteiger partial charge in [0.15, 0.2) is 11.6 Å². The van der Waals surface area contributed by atoms with Crippen LogP contribution < -0.4 is 4.74 Å². The van der Waals surface area contributed by atoms with E-state index < -0.39 is 11.8 Å². The van der Waals surface area contributed by atoms with E-state index in [0.29, 0.717) is 11.5 Å². The Bertz CT molecular complexity index is 799. The SMILES string of the molecule is CCCCC[C@H]1CC[C@H](c2ncc(-c3ccc(OC(=O)CC)c(F)c3)cn2)CC1. The third-order valence-corrected chi connectivity index (χ3v) is 5.88. The van der Waals surface area contributed by atoms with Gasteiger partial charge in [-0.1, -0.05) is 45.6 Å². The van der Waals surface area contributed by atoms with Gasteiger partial charge in [-0.15, -0.1) is 0 Å². The molecule has 0 atom stereocenters. The minimum Gasteiger partial charge on any atom is -0.423 e. The van der Waals surface area contributed by atoms with Crippen molar-refractivity contribution in [3.05, 3.63) is 42.2 Å². The van der Waals surface area contributed by atoms with E-state index in [1.54, 1.807) is 25.4 Å². The summed E-state index contributed by atoms with van der Waals surface area (Å²) in [6.45, 7) is 3.92. The minimum atomic E-state index is -0.560. The van der Waals surface area contributed by atoms with Gasteiger partial charge in [0.2, 0.25) is 0 Å². The van der Waals surface area contributed by atoms with Crippen LogP contribution in [0.3, 0.4) is 0 Å². The number of carbonyl (C=O) groups excluding carboxylic acids is 1. The fourth-order valence-electron chi connectivity index (χ4n) is 4.05. The second-order valence-corrected chi connectivity index (χ2v) is 8.02. The number of nitrogens with zero attached hydrogens (tertiary/aromatic N) is 2. The number of benzene rings is 1. The molecule has 0 N–H and O–H groups in total. The number of unbranched alkanes of at least 4 members (excludes halogenated alkanes) is 2. The molecule has 1 aromatic heterocycles. The maximum atomic E-state index is 14.2. The van der Waals surface area contributed by atoms with E-state index in [-0.39, 0.29) is 12.2 Å². The fraction of sp³-hybridized carbons (Fsp3) is 0.542. The van der Waals surface area contributed by atoms with Crippen LogP contribution in [0.2, 0.25) is 0 Å². The van der Waals surface area contributed by atoms with Crippen LogP contribution in [0, 0.1) is 11.7 Å². The molecule has 0 unspecified atom stereocenters. The van der Waals surface area contributed by atoms with Crippen LogP contribution in [0.5, 0.6) is 5.75 Å². The summed E-state index contributed by atoms with van der Waals surface area (Å²) in [5.74, 6) is 1.13. The smallest absolute Gasteiger partial charge is 0.310 e. The van der Waals surface area contributed by atoms with E-state index in [1.165, 1.54) is 50.7 Å². The van der Waals surface area contributed by atoms with Gasteiger partial charge in [0, 0.05) is 30.3 Å². The van der Waals surface area contributed by atoms with E-state index in [2.05, 4.69) is 16.9 Å². The molecule has 1 heterocycles. The average Bonchev–Trinajstić information content (AvgIpc) is 2.76. The van der Waals surface area contributed by atoms with Crippen molar-refractivity contribution in [1.82, 2.24) is 9.97 Å². The Morgan fingerprint density at radius 1 is 1.07 bits per heavy atom. The van der Waals surface area contributed by atoms with Crippen molar-refractivity contribution in [2.75, 3.05) is 0 Å². The Morgan fingerprint density at radius 2 is 1.79 bits per heavy atom. The predicted molar refractivity (Wildman–Crippen MR) is 112 cm³/mol. The van der Waals surface area contributed by atoms with E-state index in [4.69, 9.17) is 4.74 Å². The summed E-state index contributed by atoms with van der Waals surface area (Å²) in [5.41, 5.74) is 1.43. The lowest BCUT2D eigenvalue weighted by molar-refractivity contribution is -0.134. The summed E-state index contributed by atoms with van der Waals surface area (Å²) in [4.78, 5) is 20.5. The summed E-state index contributed by atoms with van der Waals surface area (Å²) in [5, 5.41) is 0. The van der Waals surface area contributed by atoms with Crippen molar-refractivity contribution in [2.24, 2.45) is 5.92 Å². The highest BCUT2D eigenvalue weighted by Crippen LogP contribution is 2.36. The number of esters is 1. The molecule has 0 spiro atoms. The summed E-state index contributed by atoms with van der Waals surface area (Å²) < 4.78 is 19.2. The normalized spacial score (nSPS) is 19.1. The molecule has 5 heteroatoms. The standard InChI is InChI=1S/C24H31FN2O2/c1-3-5-6-7-17-8-10-18(11-9-17)24-26-15-20(16-27-24)19-12-13-22(21(25)14-19)29-23(28)4-2/h12-18H,3-11H2,1-2H3/t17-,18-. The minimum absolute atomic E-state index is 0.0474. The van der Waals surface area contributed by atoms with Crippen molar-refractivity contribution >= 4 is 5.97 Å². The summed E-state index contributed by atoms with van der Waals surface area (Å²) in [7, 11) is 0. The number of hydrogen-bond acceptors (Lipinski definition) is 4. The average molecular weight is 399 g/mol. The molecule has 0 saturated heterocycles. The Kier molecular flexibility index (Phi) is 7.73. The monoisotopic (exact) mass is 398 g/mol. The molecule has 1 aliphatic rings. The number of aromatic nitrogens is 2. The van der Waals surface area contributed by atoms with Crippen LogP contribution in [-0.2, 0) is 4.79 Å². The lowest BCUT2D eigenvalue weighted by Gasteiger charge is -2.27. The van der Waals surface area contributed by atoms with Gasteiger partial charge in [0.1, 0.15) is 5.82 Å². The number of halogens is 1. The Hall–Kier alpha value is -2.30. The zero-order chi connectivity index (χ0) is 20.6. The third-order valence-electron chi connectivity index (χ3n) is 5.88. The van der Waals surface area contributed by atoms with Crippen LogP contribution in [0.15, 0.2) is 30.6 Å². The first-order valence-electron chi connectivity index (χ1n) is 10.9. The zero-order valence-electron chi connectivity index (χ0n) is 17.5. The summed E-state index contributed by atoms with van der Waals surface area (Å²) >= 11 is 0. The predicted octanol–water partition coefficient (Wildman–Crippen LogP) is 6.45. The molecule has 0 amide bonds. The van der Waals surface area contributed by atoms with Gasteiger partial charge in [-0.25, -0.2) is 14.4 Å². The molecule has 29 heavy (non-hydrogen) atoms. The second kappa shape index (κ2) is 10.5. The number of rotatable bonds is 8. The molecule has 156 valence electrons. The number of carbonyl (C=O) groups is 1. The molecule has 1 aliphatic carbocycles. The van der Waals surface area contributed by atoms with E-state index in [0.717, 1.165) is 30.1 Å². The molecule has 0 aliphatic heterocycles. The van der Waals surface area contributed by atoms with E-state index in [1.807, 2.05) is 0 Å². The first kappa shape index (κ1) is 21.4. The Balaban J connectivity index is 1.59. The molecule has 0 bridgehead atoms. The van der Waals surface area contributed by atoms with Gasteiger partial charge < -0.3 is 4.74 Å². The molecule has 0 radical (unpaired) electrons. The van der Waals surface area contributed by atoms with Gasteiger partial charge >= 0.3 is 5.97 Å². The Morgan fingerprint density at radius 3 is 2.41 bits per heavy atom. The first-order chi connectivity index (χ1) is 14.1. The summed E-state index contributed by atoms with van der Waals surface area (Å²) in [6.07, 6.45) is 13.9. The van der Waals surface area contributed by atoms with Crippen molar-refractivity contribution in [2.45, 2.75) is 77.6 Å². The quantitative estimate of drug-likeness (QED) is 0.291. The number of ether oxygens (including phenoxy) is 1. The van der Waals surface area contributed by atoms with Gasteiger partial charge in [0.25, 0.3) is 0 Å². The maximum Gasteiger partial charge on any atom is 0.310 e. The van der Waals surface area contributed by atoms with Gasteiger partial charge in [0.05, 0.1) is 0 Å². The van der Waals surface area contributed by atoms with Crippen LogP contribution >= 0.6 is 0 Å². The van der Waals surface area contributed by atoms with E-state index in [9.17, 15) is 9.18 Å². The summed E-state index contributed by atoms with van der Waals surface area (Å²) in [6, 6.07) is 4.56. The lowest BCUT2D eigenvalue weighted by atomic mass is 9.79. The maximum absolute atomic E-state index is 14.2. The molecule has 1 fully saturated rings. The molecule has 3 rings (SSSR count). The Labute approximate surface area is 172 Å². The first-order valence-corrected chi connectivity index (χ1v) is 10.9. The molecular weight excluding hydrogens is 367 g/mol. The third kappa shape index (κ3) is 5.84. The highest BCUT2D eigenvalue weighted by molar-refractivity contribution is 5.72. The van der Waals surface area contributed by atoms with E-state index >= 15 is 0 Å². The van der Waals surface area contributed by atoms with Crippen molar-refractivity contribution < 1.29 is 13.9 Å². The van der Waals surface area contributed by atoms with Gasteiger partial charge in [-0.3, -0.25) is 4.79 Å². The van der Waals surface area contributed by atoms with Crippen molar-refractivity contribution in [3.63, 3.8) is 0 Å². The van der Waals surface area contributed by atoms with Crippen LogP contribution in [-0.4, -0.2) is 15.9 Å². The second-order valence-electron chi connectivity index (χ2n) is 8.02. The molecule has 2 aromatic rings. The largest absolute Gasteiger partial charge is 0.423 e. The van der Waals surface area contributed by atoms with Crippen molar-refractivity contribution in [1.29, 1.82) is 0 Å². The molecule has 4 nitrogen and oxygen atoms in total. The molecular formula is C24H31FN2O2. The van der Waals surface area contributed by atoms with Crippen LogP contribution in [0.25, 0.3) is 11.1 Å². The zero-order valence-corrected chi connectivity index (χ0v) is 17.5. The highest BCUT2D eigenvalue weighted by Gasteiger charge is 2.24.